The molecule has 150 valence electrons. The van der Waals surface area contributed by atoms with Crippen LogP contribution < -0.4 is 15.4 Å². The van der Waals surface area contributed by atoms with E-state index >= 15 is 0 Å². The van der Waals surface area contributed by atoms with Gasteiger partial charge in [0, 0.05) is 28.1 Å². The Labute approximate surface area is 168 Å². The van der Waals surface area contributed by atoms with Gasteiger partial charge in [0.2, 0.25) is 5.91 Å². The normalized spacial score (nSPS) is 22.7. The maximum atomic E-state index is 12.8. The molecule has 1 aliphatic heterocycles. The van der Waals surface area contributed by atoms with Crippen molar-refractivity contribution in [1.29, 1.82) is 0 Å². The van der Waals surface area contributed by atoms with Crippen LogP contribution in [0.25, 0.3) is 0 Å². The second kappa shape index (κ2) is 7.24. The smallest absolute Gasteiger partial charge is 0.325 e. The standard InChI is InChI=1S/C22H22N2O5/c1-13(21(27)28)23-19(25)14-6-8-15(9-7-14)24-20(26)17-12-22(17)10-11-29-18-5-3-2-4-16(18)22/h2-9,13,17H,10-12H2,1H3,(H,23,25)(H,24,26)(H,27,28)/t13?,17-,22-/m0/s1. The van der Waals surface area contributed by atoms with Gasteiger partial charge in [-0.15, -0.1) is 0 Å². The molecule has 1 unspecified atom stereocenters. The molecule has 0 bridgehead atoms. The fourth-order valence-corrected chi connectivity index (χ4v) is 3.98. The summed E-state index contributed by atoms with van der Waals surface area (Å²) < 4.78 is 5.72. The summed E-state index contributed by atoms with van der Waals surface area (Å²) in [7, 11) is 0. The molecule has 2 aliphatic rings. The summed E-state index contributed by atoms with van der Waals surface area (Å²) in [5.74, 6) is -0.863. The number of aliphatic carboxylic acids is 1. The number of anilines is 1. The number of hydrogen-bond donors (Lipinski definition) is 3. The van der Waals surface area contributed by atoms with Crippen LogP contribution in [-0.4, -0.2) is 35.5 Å². The lowest BCUT2D eigenvalue weighted by Gasteiger charge is -2.26. The van der Waals surface area contributed by atoms with Crippen LogP contribution in [0.15, 0.2) is 48.5 Å². The maximum absolute atomic E-state index is 12.8. The van der Waals surface area contributed by atoms with Crippen LogP contribution >= 0.6 is 0 Å². The number of amides is 2. The number of carbonyl (C=O) groups is 3. The number of benzene rings is 2. The summed E-state index contributed by atoms with van der Waals surface area (Å²) in [6.45, 7) is 2.01. The van der Waals surface area contributed by atoms with E-state index < -0.39 is 17.9 Å². The van der Waals surface area contributed by atoms with Gasteiger partial charge in [0.15, 0.2) is 0 Å². The van der Waals surface area contributed by atoms with Gasteiger partial charge in [-0.2, -0.15) is 0 Å². The second-order valence-electron chi connectivity index (χ2n) is 7.61. The molecule has 3 N–H and O–H groups in total. The SMILES string of the molecule is CC(NC(=O)c1ccc(NC(=O)[C@@H]2C[C@]23CCOc2ccccc23)cc1)C(=O)O. The second-order valence-corrected chi connectivity index (χ2v) is 7.61. The summed E-state index contributed by atoms with van der Waals surface area (Å²) in [5.41, 5.74) is 1.88. The third-order valence-electron chi connectivity index (χ3n) is 5.75. The Morgan fingerprint density at radius 3 is 2.59 bits per heavy atom. The van der Waals surface area contributed by atoms with Gasteiger partial charge in [0.1, 0.15) is 11.8 Å². The van der Waals surface area contributed by atoms with Crippen LogP contribution in [0, 0.1) is 5.92 Å². The third kappa shape index (κ3) is 3.55. The first-order valence-electron chi connectivity index (χ1n) is 9.57. The Balaban J connectivity index is 1.40. The van der Waals surface area contributed by atoms with Crippen LogP contribution in [0.2, 0.25) is 0 Å². The highest BCUT2D eigenvalue weighted by molar-refractivity contribution is 5.99. The molecule has 3 atom stereocenters. The van der Waals surface area contributed by atoms with E-state index in [0.29, 0.717) is 17.9 Å². The summed E-state index contributed by atoms with van der Waals surface area (Å²) in [6, 6.07) is 13.3. The Kier molecular flexibility index (Phi) is 4.74. The molecule has 4 rings (SSSR count). The van der Waals surface area contributed by atoms with Gasteiger partial charge in [0.25, 0.3) is 5.91 Å². The molecule has 1 heterocycles. The van der Waals surface area contributed by atoms with Gasteiger partial charge in [-0.1, -0.05) is 18.2 Å². The first kappa shape index (κ1) is 19.0. The summed E-state index contributed by atoms with van der Waals surface area (Å²) in [6.07, 6.45) is 1.62. The summed E-state index contributed by atoms with van der Waals surface area (Å²) in [4.78, 5) is 35.7. The molecule has 7 heteroatoms. The fraction of sp³-hybridized carbons (Fsp3) is 0.318. The van der Waals surface area contributed by atoms with Crippen molar-refractivity contribution in [2.75, 3.05) is 11.9 Å². The Bertz CT molecular complexity index is 971. The molecule has 0 aromatic heterocycles. The minimum Gasteiger partial charge on any atom is -0.493 e. The lowest BCUT2D eigenvalue weighted by Crippen LogP contribution is -2.38. The van der Waals surface area contributed by atoms with Gasteiger partial charge >= 0.3 is 5.97 Å². The van der Waals surface area contributed by atoms with Crippen molar-refractivity contribution in [2.24, 2.45) is 5.92 Å². The van der Waals surface area contributed by atoms with Crippen LogP contribution in [0.1, 0.15) is 35.7 Å². The quantitative estimate of drug-likeness (QED) is 0.723. The van der Waals surface area contributed by atoms with E-state index in [1.165, 1.54) is 6.92 Å². The van der Waals surface area contributed by atoms with E-state index in [1.54, 1.807) is 24.3 Å². The van der Waals surface area contributed by atoms with E-state index in [2.05, 4.69) is 10.6 Å². The molecule has 1 spiro atoms. The zero-order chi connectivity index (χ0) is 20.6. The van der Waals surface area contributed by atoms with E-state index in [4.69, 9.17) is 9.84 Å². The van der Waals surface area contributed by atoms with Gasteiger partial charge < -0.3 is 20.5 Å². The maximum Gasteiger partial charge on any atom is 0.325 e. The van der Waals surface area contributed by atoms with Crippen molar-refractivity contribution in [3.05, 3.63) is 59.7 Å². The highest BCUT2D eigenvalue weighted by Crippen LogP contribution is 2.60. The van der Waals surface area contributed by atoms with E-state index in [1.807, 2.05) is 24.3 Å². The molecule has 1 saturated carbocycles. The summed E-state index contributed by atoms with van der Waals surface area (Å²) >= 11 is 0. The Morgan fingerprint density at radius 1 is 1.14 bits per heavy atom. The van der Waals surface area contributed by atoms with Crippen molar-refractivity contribution < 1.29 is 24.2 Å². The van der Waals surface area contributed by atoms with Crippen LogP contribution in [0.3, 0.4) is 0 Å². The number of nitrogens with one attached hydrogen (secondary N) is 2. The molecule has 1 aliphatic carbocycles. The zero-order valence-electron chi connectivity index (χ0n) is 16.0. The number of para-hydroxylation sites is 1. The zero-order valence-corrected chi connectivity index (χ0v) is 16.0. The average Bonchev–Trinajstić information content (AvgIpc) is 3.43. The van der Waals surface area contributed by atoms with E-state index in [-0.39, 0.29) is 17.2 Å². The highest BCUT2D eigenvalue weighted by Gasteiger charge is 2.60. The Hall–Kier alpha value is -3.35. The number of rotatable bonds is 5. The lowest BCUT2D eigenvalue weighted by atomic mass is 9.87. The molecule has 0 radical (unpaired) electrons. The predicted molar refractivity (Wildman–Crippen MR) is 106 cm³/mol. The van der Waals surface area contributed by atoms with Gasteiger partial charge in [-0.3, -0.25) is 14.4 Å². The average molecular weight is 394 g/mol. The van der Waals surface area contributed by atoms with Gasteiger partial charge in [-0.05, 0) is 50.1 Å². The van der Waals surface area contributed by atoms with E-state index in [9.17, 15) is 14.4 Å². The number of fused-ring (bicyclic) bond motifs is 2. The van der Waals surface area contributed by atoms with Crippen LogP contribution in [-0.2, 0) is 15.0 Å². The Morgan fingerprint density at radius 2 is 1.86 bits per heavy atom. The van der Waals surface area contributed by atoms with Crippen molar-refractivity contribution in [3.63, 3.8) is 0 Å². The first-order chi connectivity index (χ1) is 13.9. The van der Waals surface area contributed by atoms with Crippen LogP contribution in [0.4, 0.5) is 5.69 Å². The monoisotopic (exact) mass is 394 g/mol. The molecule has 1 fully saturated rings. The number of ether oxygens (including phenoxy) is 1. The molecular weight excluding hydrogens is 372 g/mol. The van der Waals surface area contributed by atoms with Crippen molar-refractivity contribution in [2.45, 2.75) is 31.2 Å². The van der Waals surface area contributed by atoms with Crippen LogP contribution in [0.5, 0.6) is 5.75 Å². The van der Waals surface area contributed by atoms with Crippen molar-refractivity contribution >= 4 is 23.5 Å². The number of carbonyl (C=O) groups excluding carboxylic acids is 2. The third-order valence-corrected chi connectivity index (χ3v) is 5.75. The fourth-order valence-electron chi connectivity index (χ4n) is 3.98. The molecule has 0 saturated heterocycles. The number of carboxylic acid groups (broad SMARTS) is 1. The molecule has 2 aromatic rings. The largest absolute Gasteiger partial charge is 0.493 e. The molecular formula is C22H22N2O5. The predicted octanol–water partition coefficient (Wildman–Crippen LogP) is 2.57. The van der Waals surface area contributed by atoms with E-state index in [0.717, 1.165) is 24.2 Å². The molecule has 2 aromatic carbocycles. The summed E-state index contributed by atoms with van der Waals surface area (Å²) in [5, 5.41) is 14.2. The van der Waals surface area contributed by atoms with Crippen molar-refractivity contribution in [1.82, 2.24) is 5.32 Å². The molecule has 2 amide bonds. The van der Waals surface area contributed by atoms with Gasteiger partial charge in [-0.25, -0.2) is 0 Å². The first-order valence-corrected chi connectivity index (χ1v) is 9.57. The molecule has 7 nitrogen and oxygen atoms in total. The van der Waals surface area contributed by atoms with Crippen molar-refractivity contribution in [3.8, 4) is 5.75 Å². The number of hydrogen-bond acceptors (Lipinski definition) is 4. The minimum atomic E-state index is -1.10. The highest BCUT2D eigenvalue weighted by atomic mass is 16.5. The lowest BCUT2D eigenvalue weighted by molar-refractivity contribution is -0.138. The number of carboxylic acids is 1. The topological polar surface area (TPSA) is 105 Å². The van der Waals surface area contributed by atoms with Gasteiger partial charge in [0.05, 0.1) is 6.61 Å². The minimum absolute atomic E-state index is 0.0431. The molecule has 29 heavy (non-hydrogen) atoms.